The third-order valence-corrected chi connectivity index (χ3v) is 4.03. The summed E-state index contributed by atoms with van der Waals surface area (Å²) in [6.45, 7) is 4.81. The van der Waals surface area contributed by atoms with E-state index in [1.54, 1.807) is 7.11 Å². The van der Waals surface area contributed by atoms with E-state index in [1.807, 2.05) is 18.2 Å². The molecule has 0 saturated carbocycles. The molecule has 4 heteroatoms. The van der Waals surface area contributed by atoms with Gasteiger partial charge >= 0.3 is 0 Å². The zero-order valence-corrected chi connectivity index (χ0v) is 12.5. The highest BCUT2D eigenvalue weighted by molar-refractivity contribution is 5.13. The molecule has 0 aliphatic carbocycles. The summed E-state index contributed by atoms with van der Waals surface area (Å²) in [6, 6.07) is 9.88. The Morgan fingerprint density at radius 1 is 1.25 bits per heavy atom. The number of rotatable bonds is 5. The maximum Gasteiger partial charge on any atom is 0.175 e. The summed E-state index contributed by atoms with van der Waals surface area (Å²) in [4.78, 5) is 0. The van der Waals surface area contributed by atoms with Crippen molar-refractivity contribution in [2.24, 2.45) is 11.7 Å². The van der Waals surface area contributed by atoms with Gasteiger partial charge in [-0.15, -0.1) is 0 Å². The molecular formula is C16H25NO3. The number of nitrogens with two attached hydrogens (primary N) is 1. The molecule has 1 saturated heterocycles. The molecule has 1 aromatic carbocycles. The first-order valence-electron chi connectivity index (χ1n) is 7.26. The fraction of sp³-hybridized carbons (Fsp3) is 0.625. The maximum absolute atomic E-state index is 6.23. The van der Waals surface area contributed by atoms with Gasteiger partial charge in [0.05, 0.1) is 24.9 Å². The number of hydrogen-bond donors (Lipinski definition) is 1. The van der Waals surface area contributed by atoms with E-state index in [0.717, 1.165) is 12.0 Å². The molecule has 1 aromatic rings. The molecule has 4 nitrogen and oxygen atoms in total. The van der Waals surface area contributed by atoms with E-state index in [9.17, 15) is 0 Å². The zero-order chi connectivity index (χ0) is 14.5. The molecule has 1 unspecified atom stereocenters. The average molecular weight is 279 g/mol. The minimum Gasteiger partial charge on any atom is -0.371 e. The molecule has 1 aliphatic rings. The Labute approximate surface area is 121 Å². The van der Waals surface area contributed by atoms with Crippen LogP contribution in [-0.4, -0.2) is 31.6 Å². The second-order valence-corrected chi connectivity index (χ2v) is 5.38. The van der Waals surface area contributed by atoms with E-state index in [-0.39, 0.29) is 24.2 Å². The van der Waals surface area contributed by atoms with Gasteiger partial charge in [0.25, 0.3) is 0 Å². The Morgan fingerprint density at radius 2 is 1.95 bits per heavy atom. The fourth-order valence-electron chi connectivity index (χ4n) is 2.81. The molecule has 1 aliphatic heterocycles. The fourth-order valence-corrected chi connectivity index (χ4v) is 2.81. The molecular weight excluding hydrogens is 254 g/mol. The van der Waals surface area contributed by atoms with Crippen molar-refractivity contribution in [2.75, 3.05) is 7.11 Å². The zero-order valence-electron chi connectivity index (χ0n) is 12.5. The van der Waals surface area contributed by atoms with E-state index in [2.05, 4.69) is 26.0 Å². The van der Waals surface area contributed by atoms with Gasteiger partial charge in [-0.2, -0.15) is 0 Å². The first kappa shape index (κ1) is 15.4. The van der Waals surface area contributed by atoms with Crippen molar-refractivity contribution >= 4 is 0 Å². The second-order valence-electron chi connectivity index (χ2n) is 5.38. The topological polar surface area (TPSA) is 53.7 Å². The maximum atomic E-state index is 6.23. The molecule has 1 fully saturated rings. The summed E-state index contributed by atoms with van der Waals surface area (Å²) < 4.78 is 17.3. The molecule has 0 spiro atoms. The SMILES string of the molecule is CC[C@H]1OC(OC)[C@H](N)[C@@H](OCc2ccccc2)[C@H]1C. The third kappa shape index (κ3) is 3.38. The van der Waals surface area contributed by atoms with Crippen LogP contribution in [0.3, 0.4) is 0 Å². The monoisotopic (exact) mass is 279 g/mol. The van der Waals surface area contributed by atoms with Gasteiger partial charge in [-0.1, -0.05) is 44.2 Å². The molecule has 0 bridgehead atoms. The lowest BCUT2D eigenvalue weighted by atomic mass is 9.88. The molecule has 2 rings (SSSR count). The van der Waals surface area contributed by atoms with Crippen molar-refractivity contribution in [3.63, 3.8) is 0 Å². The highest BCUT2D eigenvalue weighted by atomic mass is 16.7. The standard InChI is InChI=1S/C16H25NO3/c1-4-13-11(2)15(14(17)16(18-3)20-13)19-10-12-8-6-5-7-9-12/h5-9,11,13-16H,4,10,17H2,1-3H3/t11-,13+,14+,15-,16?/m0/s1. The number of hydrogen-bond acceptors (Lipinski definition) is 4. The molecule has 1 heterocycles. The van der Waals surface area contributed by atoms with Gasteiger partial charge in [0, 0.05) is 13.0 Å². The summed E-state index contributed by atoms with van der Waals surface area (Å²) >= 11 is 0. The number of methoxy groups -OCH3 is 1. The molecule has 2 N–H and O–H groups in total. The van der Waals surface area contributed by atoms with E-state index < -0.39 is 6.29 Å². The van der Waals surface area contributed by atoms with Gasteiger partial charge in [0.15, 0.2) is 6.29 Å². The normalized spacial score (nSPS) is 34.1. The van der Waals surface area contributed by atoms with Gasteiger partial charge in [-0.3, -0.25) is 0 Å². The van der Waals surface area contributed by atoms with E-state index >= 15 is 0 Å². The summed E-state index contributed by atoms with van der Waals surface area (Å²) in [5.41, 5.74) is 7.38. The van der Waals surface area contributed by atoms with Crippen LogP contribution in [0.25, 0.3) is 0 Å². The van der Waals surface area contributed by atoms with Gasteiger partial charge in [-0.05, 0) is 12.0 Å². The Bertz CT molecular complexity index is 382. The lowest BCUT2D eigenvalue weighted by molar-refractivity contribution is -0.243. The van der Waals surface area contributed by atoms with Gasteiger partial charge in [0.1, 0.15) is 0 Å². The summed E-state index contributed by atoms with van der Waals surface area (Å²) in [6.07, 6.45) is 0.607. The smallest absolute Gasteiger partial charge is 0.175 e. The van der Waals surface area contributed by atoms with Crippen molar-refractivity contribution < 1.29 is 14.2 Å². The molecule has 0 amide bonds. The first-order valence-corrected chi connectivity index (χ1v) is 7.26. The van der Waals surface area contributed by atoms with Crippen LogP contribution in [-0.2, 0) is 20.8 Å². The van der Waals surface area contributed by atoms with Crippen LogP contribution in [0.15, 0.2) is 30.3 Å². The summed E-state index contributed by atoms with van der Waals surface area (Å²) in [7, 11) is 1.63. The molecule has 20 heavy (non-hydrogen) atoms. The van der Waals surface area contributed by atoms with Crippen LogP contribution >= 0.6 is 0 Å². The summed E-state index contributed by atoms with van der Waals surface area (Å²) in [5.74, 6) is 0.255. The minimum atomic E-state index is -0.392. The quantitative estimate of drug-likeness (QED) is 0.898. The van der Waals surface area contributed by atoms with Crippen molar-refractivity contribution in [2.45, 2.75) is 51.4 Å². The minimum absolute atomic E-state index is 0.0566. The van der Waals surface area contributed by atoms with Crippen molar-refractivity contribution in [1.82, 2.24) is 0 Å². The Morgan fingerprint density at radius 3 is 2.55 bits per heavy atom. The molecule has 0 radical (unpaired) electrons. The summed E-state index contributed by atoms with van der Waals surface area (Å²) in [5, 5.41) is 0. The van der Waals surface area contributed by atoms with Crippen LogP contribution in [0.4, 0.5) is 0 Å². The third-order valence-electron chi connectivity index (χ3n) is 4.03. The lowest BCUT2D eigenvalue weighted by Gasteiger charge is -2.43. The first-order chi connectivity index (χ1) is 9.67. The predicted octanol–water partition coefficient (Wildman–Crippen LogP) is 2.32. The lowest BCUT2D eigenvalue weighted by Crippen LogP contribution is -2.58. The van der Waals surface area contributed by atoms with Crippen molar-refractivity contribution in [3.05, 3.63) is 35.9 Å². The number of benzene rings is 1. The van der Waals surface area contributed by atoms with Gasteiger partial charge < -0.3 is 19.9 Å². The highest BCUT2D eigenvalue weighted by Gasteiger charge is 2.42. The van der Waals surface area contributed by atoms with Gasteiger partial charge in [-0.25, -0.2) is 0 Å². The van der Waals surface area contributed by atoms with Crippen LogP contribution in [0, 0.1) is 5.92 Å². The Kier molecular flexibility index (Phi) is 5.54. The molecule has 112 valence electrons. The second kappa shape index (κ2) is 7.18. The number of ether oxygens (including phenoxy) is 3. The Balaban J connectivity index is 2.02. The van der Waals surface area contributed by atoms with E-state index in [0.29, 0.717) is 6.61 Å². The van der Waals surface area contributed by atoms with E-state index in [1.165, 1.54) is 0 Å². The average Bonchev–Trinajstić information content (AvgIpc) is 2.48. The molecule has 5 atom stereocenters. The van der Waals surface area contributed by atoms with Crippen LogP contribution < -0.4 is 5.73 Å². The van der Waals surface area contributed by atoms with Crippen molar-refractivity contribution in [1.29, 1.82) is 0 Å². The van der Waals surface area contributed by atoms with Crippen LogP contribution in [0.5, 0.6) is 0 Å². The predicted molar refractivity (Wildman–Crippen MR) is 78.1 cm³/mol. The molecule has 0 aromatic heterocycles. The Hall–Kier alpha value is -0.940. The van der Waals surface area contributed by atoms with Gasteiger partial charge in [0.2, 0.25) is 0 Å². The van der Waals surface area contributed by atoms with Crippen LogP contribution in [0.2, 0.25) is 0 Å². The van der Waals surface area contributed by atoms with E-state index in [4.69, 9.17) is 19.9 Å². The highest BCUT2D eigenvalue weighted by Crippen LogP contribution is 2.29. The largest absolute Gasteiger partial charge is 0.371 e. The van der Waals surface area contributed by atoms with Crippen molar-refractivity contribution in [3.8, 4) is 0 Å². The van der Waals surface area contributed by atoms with Crippen LogP contribution in [0.1, 0.15) is 25.8 Å².